The SMILES string of the molecule is O=C(NCc1cccs1)c1cn(C[C@@H](O)c2ccccc2)nn1. The predicted octanol–water partition coefficient (Wildman–Crippen LogP) is 2.00. The van der Waals surface area contributed by atoms with Crippen LogP contribution in [0.4, 0.5) is 0 Å². The Balaban J connectivity index is 1.58. The largest absolute Gasteiger partial charge is 0.386 e. The van der Waals surface area contributed by atoms with Crippen molar-refractivity contribution in [2.75, 3.05) is 0 Å². The van der Waals surface area contributed by atoms with Gasteiger partial charge in [-0.1, -0.05) is 41.6 Å². The lowest BCUT2D eigenvalue weighted by Gasteiger charge is -2.09. The molecule has 118 valence electrons. The van der Waals surface area contributed by atoms with E-state index in [-0.39, 0.29) is 18.1 Å². The highest BCUT2D eigenvalue weighted by Crippen LogP contribution is 2.14. The van der Waals surface area contributed by atoms with Crippen molar-refractivity contribution in [3.05, 3.63) is 70.2 Å². The minimum Gasteiger partial charge on any atom is -0.386 e. The van der Waals surface area contributed by atoms with E-state index in [0.29, 0.717) is 6.54 Å². The van der Waals surface area contributed by atoms with Gasteiger partial charge in [-0.2, -0.15) is 0 Å². The number of rotatable bonds is 6. The Morgan fingerprint density at radius 3 is 2.83 bits per heavy atom. The summed E-state index contributed by atoms with van der Waals surface area (Å²) in [6.45, 7) is 0.714. The summed E-state index contributed by atoms with van der Waals surface area (Å²) in [5, 5.41) is 22.7. The standard InChI is InChI=1S/C16H16N4O2S/c21-15(12-5-2-1-3-6-12)11-20-10-14(18-19-20)16(22)17-9-13-7-4-8-23-13/h1-8,10,15,21H,9,11H2,(H,17,22)/t15-/m1/s1. The third-order valence-electron chi connectivity index (χ3n) is 3.32. The van der Waals surface area contributed by atoms with Crippen LogP contribution < -0.4 is 5.32 Å². The molecule has 1 amide bonds. The number of aromatic nitrogens is 3. The van der Waals surface area contributed by atoms with E-state index in [0.717, 1.165) is 10.4 Å². The van der Waals surface area contributed by atoms with Crippen molar-refractivity contribution in [1.82, 2.24) is 20.3 Å². The van der Waals surface area contributed by atoms with Gasteiger partial charge in [-0.05, 0) is 17.0 Å². The molecule has 0 bridgehead atoms. The van der Waals surface area contributed by atoms with Gasteiger partial charge in [0, 0.05) is 4.88 Å². The Hall–Kier alpha value is -2.51. The molecule has 0 unspecified atom stereocenters. The number of carbonyl (C=O) groups is 1. The highest BCUT2D eigenvalue weighted by atomic mass is 32.1. The summed E-state index contributed by atoms with van der Waals surface area (Å²) >= 11 is 1.58. The Labute approximate surface area is 137 Å². The quantitative estimate of drug-likeness (QED) is 0.725. The fourth-order valence-corrected chi connectivity index (χ4v) is 2.77. The lowest BCUT2D eigenvalue weighted by Crippen LogP contribution is -2.22. The first-order chi connectivity index (χ1) is 11.2. The van der Waals surface area contributed by atoms with Crippen LogP contribution in [-0.2, 0) is 13.1 Å². The Bertz CT molecular complexity index is 756. The Kier molecular flexibility index (Phi) is 4.80. The van der Waals surface area contributed by atoms with Crippen molar-refractivity contribution in [1.29, 1.82) is 0 Å². The molecule has 2 N–H and O–H groups in total. The van der Waals surface area contributed by atoms with Gasteiger partial charge in [0.15, 0.2) is 5.69 Å². The van der Waals surface area contributed by atoms with Crippen molar-refractivity contribution in [2.24, 2.45) is 0 Å². The molecule has 0 aliphatic carbocycles. The second-order valence-electron chi connectivity index (χ2n) is 5.01. The first-order valence-corrected chi connectivity index (χ1v) is 8.04. The molecule has 3 aromatic rings. The number of thiophene rings is 1. The summed E-state index contributed by atoms with van der Waals surface area (Å²) in [6, 6.07) is 13.2. The van der Waals surface area contributed by atoms with Crippen LogP contribution in [0.25, 0.3) is 0 Å². The van der Waals surface area contributed by atoms with Crippen LogP contribution in [-0.4, -0.2) is 26.0 Å². The number of hydrogen-bond donors (Lipinski definition) is 2. The summed E-state index contributed by atoms with van der Waals surface area (Å²) in [7, 11) is 0. The van der Waals surface area contributed by atoms with Crippen molar-refractivity contribution < 1.29 is 9.90 Å². The van der Waals surface area contributed by atoms with Gasteiger partial charge in [0.2, 0.25) is 0 Å². The summed E-state index contributed by atoms with van der Waals surface area (Å²) in [5.41, 5.74) is 1.04. The fourth-order valence-electron chi connectivity index (χ4n) is 2.12. The van der Waals surface area contributed by atoms with E-state index in [9.17, 15) is 9.90 Å². The number of nitrogens with zero attached hydrogens (tertiary/aromatic N) is 3. The fraction of sp³-hybridized carbons (Fsp3) is 0.188. The summed E-state index contributed by atoms with van der Waals surface area (Å²) in [5.74, 6) is -0.279. The third-order valence-corrected chi connectivity index (χ3v) is 4.20. The minimum absolute atomic E-state index is 0.238. The molecule has 0 spiro atoms. The molecule has 0 aliphatic heterocycles. The molecule has 0 fully saturated rings. The van der Waals surface area contributed by atoms with Crippen LogP contribution in [0.3, 0.4) is 0 Å². The lowest BCUT2D eigenvalue weighted by atomic mass is 10.1. The number of aliphatic hydroxyl groups is 1. The molecule has 2 aromatic heterocycles. The molecule has 1 aromatic carbocycles. The molecule has 23 heavy (non-hydrogen) atoms. The molecular weight excluding hydrogens is 312 g/mol. The van der Waals surface area contributed by atoms with E-state index in [1.54, 1.807) is 11.3 Å². The number of nitrogens with one attached hydrogen (secondary N) is 1. The molecule has 3 rings (SSSR count). The second kappa shape index (κ2) is 7.17. The number of aliphatic hydroxyl groups excluding tert-OH is 1. The second-order valence-corrected chi connectivity index (χ2v) is 6.05. The molecular formula is C16H16N4O2S. The van der Waals surface area contributed by atoms with Crippen LogP contribution in [0.15, 0.2) is 54.0 Å². The molecule has 0 saturated carbocycles. The smallest absolute Gasteiger partial charge is 0.273 e. The topological polar surface area (TPSA) is 80.0 Å². The summed E-state index contributed by atoms with van der Waals surface area (Å²) in [4.78, 5) is 13.1. The predicted molar refractivity (Wildman–Crippen MR) is 86.9 cm³/mol. The molecule has 0 radical (unpaired) electrons. The number of hydrogen-bond acceptors (Lipinski definition) is 5. The van der Waals surface area contributed by atoms with Gasteiger partial charge < -0.3 is 10.4 Å². The van der Waals surface area contributed by atoms with Crippen LogP contribution in [0.1, 0.15) is 27.0 Å². The van der Waals surface area contributed by atoms with Gasteiger partial charge in [0.25, 0.3) is 5.91 Å². The van der Waals surface area contributed by atoms with Crippen molar-refractivity contribution >= 4 is 17.2 Å². The summed E-state index contributed by atoms with van der Waals surface area (Å²) in [6.07, 6.45) is 0.843. The first kappa shape index (κ1) is 15.4. The zero-order valence-corrected chi connectivity index (χ0v) is 13.1. The van der Waals surface area contributed by atoms with Gasteiger partial charge in [-0.25, -0.2) is 4.68 Å². The van der Waals surface area contributed by atoms with Gasteiger partial charge in [-0.3, -0.25) is 4.79 Å². The average Bonchev–Trinajstić information content (AvgIpc) is 3.25. The monoisotopic (exact) mass is 328 g/mol. The molecule has 2 heterocycles. The van der Waals surface area contributed by atoms with Crippen molar-refractivity contribution in [2.45, 2.75) is 19.2 Å². The summed E-state index contributed by atoms with van der Waals surface area (Å²) < 4.78 is 1.47. The van der Waals surface area contributed by atoms with E-state index in [1.165, 1.54) is 10.9 Å². The minimum atomic E-state index is -0.695. The van der Waals surface area contributed by atoms with E-state index >= 15 is 0 Å². The molecule has 0 saturated heterocycles. The third kappa shape index (κ3) is 4.02. The van der Waals surface area contributed by atoms with Gasteiger partial charge in [0.1, 0.15) is 0 Å². The van der Waals surface area contributed by atoms with Gasteiger partial charge in [0.05, 0.1) is 25.4 Å². The van der Waals surface area contributed by atoms with Crippen molar-refractivity contribution in [3.63, 3.8) is 0 Å². The zero-order chi connectivity index (χ0) is 16.1. The van der Waals surface area contributed by atoms with Gasteiger partial charge in [-0.15, -0.1) is 16.4 Å². The normalized spacial score (nSPS) is 12.0. The number of benzene rings is 1. The van der Waals surface area contributed by atoms with Crippen LogP contribution in [0, 0.1) is 0 Å². The molecule has 1 atom stereocenters. The van der Waals surface area contributed by atoms with E-state index in [1.807, 2.05) is 47.8 Å². The molecule has 0 aliphatic rings. The molecule has 7 heteroatoms. The van der Waals surface area contributed by atoms with E-state index in [4.69, 9.17) is 0 Å². The molecule has 6 nitrogen and oxygen atoms in total. The zero-order valence-electron chi connectivity index (χ0n) is 12.3. The Morgan fingerprint density at radius 2 is 2.09 bits per heavy atom. The average molecular weight is 328 g/mol. The Morgan fingerprint density at radius 1 is 1.26 bits per heavy atom. The van der Waals surface area contributed by atoms with Gasteiger partial charge >= 0.3 is 0 Å². The maximum absolute atomic E-state index is 12.0. The van der Waals surface area contributed by atoms with E-state index < -0.39 is 6.10 Å². The van der Waals surface area contributed by atoms with Crippen LogP contribution in [0.2, 0.25) is 0 Å². The first-order valence-electron chi connectivity index (χ1n) is 7.16. The van der Waals surface area contributed by atoms with Crippen molar-refractivity contribution in [3.8, 4) is 0 Å². The van der Waals surface area contributed by atoms with Crippen LogP contribution in [0.5, 0.6) is 0 Å². The number of amides is 1. The highest BCUT2D eigenvalue weighted by molar-refractivity contribution is 7.09. The van der Waals surface area contributed by atoms with Crippen LogP contribution >= 0.6 is 11.3 Å². The maximum Gasteiger partial charge on any atom is 0.273 e. The maximum atomic E-state index is 12.0. The number of carbonyl (C=O) groups excluding carboxylic acids is 1. The lowest BCUT2D eigenvalue weighted by molar-refractivity contribution is 0.0946. The highest BCUT2D eigenvalue weighted by Gasteiger charge is 2.13. The van der Waals surface area contributed by atoms with E-state index in [2.05, 4.69) is 15.6 Å².